The average molecular weight is 455 g/mol. The molecule has 0 bridgehead atoms. The SMILES string of the molecule is CC1(C)O[C@@H]2O[C@@H]([C@@H](O)C(=O)O)C(NC(=O)OCC3c4ccccc4-c4ccccc43)[C@@H]2O1. The number of aliphatic hydroxyl groups is 1. The number of amides is 1. The standard InChI is InChI=1S/C24H25NO8/c1-24(2)32-20-17(19(18(26)21(27)28)31-22(20)33-24)25-23(29)30-11-16-14-9-5-3-7-12(14)13-8-4-6-10-15(13)16/h3-10,16-20,22,26H,11H2,1-2H3,(H,25,29)(H,27,28)/t17?,18-,19-,20+,22+/m1/s1. The number of hydrogen-bond donors (Lipinski definition) is 3. The average Bonchev–Trinajstić information content (AvgIpc) is 3.38. The summed E-state index contributed by atoms with van der Waals surface area (Å²) in [7, 11) is 0. The van der Waals surface area contributed by atoms with Gasteiger partial charge in [-0.15, -0.1) is 0 Å². The van der Waals surface area contributed by atoms with Crippen molar-refractivity contribution in [1.82, 2.24) is 5.32 Å². The third-order valence-corrected chi connectivity index (χ3v) is 6.28. The smallest absolute Gasteiger partial charge is 0.407 e. The fourth-order valence-corrected chi connectivity index (χ4v) is 4.88. The van der Waals surface area contributed by atoms with E-state index in [0.29, 0.717) is 0 Å². The maximum absolute atomic E-state index is 12.8. The number of benzene rings is 2. The Morgan fingerprint density at radius 2 is 1.67 bits per heavy atom. The quantitative estimate of drug-likeness (QED) is 0.627. The first-order valence-electron chi connectivity index (χ1n) is 10.8. The maximum Gasteiger partial charge on any atom is 0.407 e. The van der Waals surface area contributed by atoms with E-state index in [-0.39, 0.29) is 12.5 Å². The molecule has 1 aliphatic carbocycles. The lowest BCUT2D eigenvalue weighted by atomic mass is 9.98. The minimum Gasteiger partial charge on any atom is -0.479 e. The molecule has 2 heterocycles. The Kier molecular flexibility index (Phi) is 5.37. The van der Waals surface area contributed by atoms with Crippen molar-refractivity contribution in [1.29, 1.82) is 0 Å². The van der Waals surface area contributed by atoms with Crippen LogP contribution in [0.15, 0.2) is 48.5 Å². The van der Waals surface area contributed by atoms with Crippen molar-refractivity contribution in [3.05, 3.63) is 59.7 Å². The van der Waals surface area contributed by atoms with Gasteiger partial charge in [0.25, 0.3) is 0 Å². The summed E-state index contributed by atoms with van der Waals surface area (Å²) < 4.78 is 22.6. The van der Waals surface area contributed by atoms with Crippen LogP contribution in [0.2, 0.25) is 0 Å². The van der Waals surface area contributed by atoms with Gasteiger partial charge in [-0.2, -0.15) is 0 Å². The number of fused-ring (bicyclic) bond motifs is 4. The van der Waals surface area contributed by atoms with E-state index in [4.69, 9.17) is 18.9 Å². The predicted octanol–water partition coefficient (Wildman–Crippen LogP) is 2.22. The molecule has 2 aromatic rings. The van der Waals surface area contributed by atoms with E-state index >= 15 is 0 Å². The number of nitrogens with one attached hydrogen (secondary N) is 1. The lowest BCUT2D eigenvalue weighted by Crippen LogP contribution is -2.53. The summed E-state index contributed by atoms with van der Waals surface area (Å²) in [6.45, 7) is 3.46. The van der Waals surface area contributed by atoms with E-state index in [1.54, 1.807) is 13.8 Å². The Morgan fingerprint density at radius 3 is 2.27 bits per heavy atom. The number of carbonyl (C=O) groups is 2. The highest BCUT2D eigenvalue weighted by atomic mass is 16.8. The van der Waals surface area contributed by atoms with Gasteiger partial charge in [0.1, 0.15) is 18.8 Å². The number of aliphatic carboxylic acids is 1. The molecule has 33 heavy (non-hydrogen) atoms. The van der Waals surface area contributed by atoms with Crippen molar-refractivity contribution in [2.75, 3.05) is 6.61 Å². The fraction of sp³-hybridized carbons (Fsp3) is 0.417. The summed E-state index contributed by atoms with van der Waals surface area (Å²) in [4.78, 5) is 24.1. The Hall–Kier alpha value is -2.98. The molecule has 2 aliphatic heterocycles. The van der Waals surface area contributed by atoms with Gasteiger partial charge >= 0.3 is 12.1 Å². The van der Waals surface area contributed by atoms with E-state index in [2.05, 4.69) is 5.32 Å². The van der Waals surface area contributed by atoms with Crippen LogP contribution < -0.4 is 5.32 Å². The van der Waals surface area contributed by atoms with Gasteiger partial charge in [0.05, 0.1) is 6.04 Å². The van der Waals surface area contributed by atoms with Crippen LogP contribution in [0.5, 0.6) is 0 Å². The molecule has 2 aromatic carbocycles. The number of aliphatic hydroxyl groups excluding tert-OH is 1. The summed E-state index contributed by atoms with van der Waals surface area (Å²) in [6, 6.07) is 15.0. The molecule has 5 atom stereocenters. The molecule has 0 spiro atoms. The molecule has 9 heteroatoms. The van der Waals surface area contributed by atoms with E-state index in [9.17, 15) is 19.8 Å². The monoisotopic (exact) mass is 455 g/mol. The maximum atomic E-state index is 12.8. The van der Waals surface area contributed by atoms with Gasteiger partial charge in [-0.05, 0) is 36.1 Å². The van der Waals surface area contributed by atoms with Gasteiger partial charge in [0, 0.05) is 5.92 Å². The van der Waals surface area contributed by atoms with E-state index in [0.717, 1.165) is 22.3 Å². The van der Waals surface area contributed by atoms with Crippen LogP contribution in [-0.2, 0) is 23.7 Å². The van der Waals surface area contributed by atoms with Crippen LogP contribution in [0.4, 0.5) is 4.79 Å². The number of hydrogen-bond acceptors (Lipinski definition) is 7. The van der Waals surface area contributed by atoms with Crippen molar-refractivity contribution >= 4 is 12.1 Å². The molecule has 1 amide bonds. The first-order valence-corrected chi connectivity index (χ1v) is 10.8. The second-order valence-corrected chi connectivity index (χ2v) is 8.85. The van der Waals surface area contributed by atoms with E-state index in [1.165, 1.54) is 0 Å². The number of carbonyl (C=O) groups excluding carboxylic acids is 1. The largest absolute Gasteiger partial charge is 0.479 e. The predicted molar refractivity (Wildman–Crippen MR) is 114 cm³/mol. The molecule has 1 unspecified atom stereocenters. The van der Waals surface area contributed by atoms with Crippen molar-refractivity contribution in [2.45, 2.75) is 56.2 Å². The number of rotatable bonds is 5. The highest BCUT2D eigenvalue weighted by Gasteiger charge is 2.58. The Balaban J connectivity index is 1.31. The summed E-state index contributed by atoms with van der Waals surface area (Å²) in [5.74, 6) is -2.57. The summed E-state index contributed by atoms with van der Waals surface area (Å²) in [5, 5.41) is 22.0. The van der Waals surface area contributed by atoms with Crippen LogP contribution >= 0.6 is 0 Å². The second kappa shape index (κ2) is 8.11. The van der Waals surface area contributed by atoms with E-state index < -0.39 is 48.5 Å². The molecule has 0 aromatic heterocycles. The minimum atomic E-state index is -1.87. The molecule has 5 rings (SSSR count). The van der Waals surface area contributed by atoms with Crippen LogP contribution in [0.1, 0.15) is 30.9 Å². The van der Waals surface area contributed by atoms with E-state index in [1.807, 2.05) is 48.5 Å². The van der Waals surface area contributed by atoms with Crippen molar-refractivity contribution in [3.8, 4) is 11.1 Å². The molecule has 0 saturated carbocycles. The molecule has 9 nitrogen and oxygen atoms in total. The minimum absolute atomic E-state index is 0.0938. The molecular weight excluding hydrogens is 430 g/mol. The molecule has 174 valence electrons. The zero-order valence-electron chi connectivity index (χ0n) is 18.1. The lowest BCUT2D eigenvalue weighted by Gasteiger charge is -2.27. The molecule has 3 aliphatic rings. The van der Waals surface area contributed by atoms with Crippen LogP contribution in [0.3, 0.4) is 0 Å². The van der Waals surface area contributed by atoms with Crippen LogP contribution in [-0.4, -0.2) is 65.3 Å². The molecule has 0 radical (unpaired) electrons. The number of ether oxygens (including phenoxy) is 4. The highest BCUT2D eigenvalue weighted by molar-refractivity contribution is 5.79. The third-order valence-electron chi connectivity index (χ3n) is 6.28. The van der Waals surface area contributed by atoms with Crippen LogP contribution in [0, 0.1) is 0 Å². The first kappa shape index (κ1) is 21.8. The molecule has 2 fully saturated rings. The normalized spacial score (nSPS) is 28.0. The van der Waals surface area contributed by atoms with Crippen molar-refractivity contribution < 1.29 is 38.7 Å². The fourth-order valence-electron chi connectivity index (χ4n) is 4.88. The first-order chi connectivity index (χ1) is 15.7. The van der Waals surface area contributed by atoms with Gasteiger partial charge in [-0.25, -0.2) is 9.59 Å². The third kappa shape index (κ3) is 3.87. The zero-order chi connectivity index (χ0) is 23.3. The number of carboxylic acids is 1. The molecule has 2 saturated heterocycles. The lowest BCUT2D eigenvalue weighted by molar-refractivity contribution is -0.218. The van der Waals surface area contributed by atoms with Crippen molar-refractivity contribution in [2.24, 2.45) is 0 Å². The number of carboxylic acid groups (broad SMARTS) is 1. The Bertz CT molecular complexity index is 1040. The Labute approximate surface area is 190 Å². The topological polar surface area (TPSA) is 124 Å². The van der Waals surface area contributed by atoms with Gasteiger partial charge < -0.3 is 34.5 Å². The summed E-state index contributed by atoms with van der Waals surface area (Å²) >= 11 is 0. The highest BCUT2D eigenvalue weighted by Crippen LogP contribution is 2.44. The number of alkyl carbamates (subject to hydrolysis) is 1. The Morgan fingerprint density at radius 1 is 1.06 bits per heavy atom. The van der Waals surface area contributed by atoms with Gasteiger partial charge in [-0.1, -0.05) is 48.5 Å². The summed E-state index contributed by atoms with van der Waals surface area (Å²) in [5.41, 5.74) is 4.36. The zero-order valence-corrected chi connectivity index (χ0v) is 18.1. The summed E-state index contributed by atoms with van der Waals surface area (Å²) in [6.07, 6.45) is -5.60. The van der Waals surface area contributed by atoms with Gasteiger partial charge in [0.15, 0.2) is 18.2 Å². The molecule has 3 N–H and O–H groups in total. The molecular formula is C24H25NO8. The van der Waals surface area contributed by atoms with Crippen molar-refractivity contribution in [3.63, 3.8) is 0 Å². The van der Waals surface area contributed by atoms with Gasteiger partial charge in [0.2, 0.25) is 0 Å². The van der Waals surface area contributed by atoms with Gasteiger partial charge in [-0.3, -0.25) is 0 Å². The van der Waals surface area contributed by atoms with Crippen LogP contribution in [0.25, 0.3) is 11.1 Å². The second-order valence-electron chi connectivity index (χ2n) is 8.85.